The van der Waals surface area contributed by atoms with Gasteiger partial charge in [0, 0.05) is 18.8 Å². The fourth-order valence-electron chi connectivity index (χ4n) is 2.37. The summed E-state index contributed by atoms with van der Waals surface area (Å²) in [6.07, 6.45) is 2.89. The second kappa shape index (κ2) is 10.1. The highest BCUT2D eigenvalue weighted by Gasteiger charge is 2.14. The molecule has 0 aliphatic heterocycles. The average molecular weight is 380 g/mol. The second-order valence-electron chi connectivity index (χ2n) is 6.52. The first-order valence-corrected chi connectivity index (χ1v) is 8.85. The fourth-order valence-corrected chi connectivity index (χ4v) is 2.37. The zero-order chi connectivity index (χ0) is 20.5. The molecule has 0 radical (unpaired) electrons. The van der Waals surface area contributed by atoms with Crippen LogP contribution in [0, 0.1) is 13.8 Å². The van der Waals surface area contributed by atoms with Crippen molar-refractivity contribution in [3.63, 3.8) is 0 Å². The molecule has 0 saturated carbocycles. The molecule has 2 aromatic rings. The minimum absolute atomic E-state index is 0.136. The summed E-state index contributed by atoms with van der Waals surface area (Å²) in [7, 11) is 1.48. The van der Waals surface area contributed by atoms with Crippen LogP contribution in [0.4, 0.5) is 5.69 Å². The summed E-state index contributed by atoms with van der Waals surface area (Å²) in [6.45, 7) is 3.35. The van der Waals surface area contributed by atoms with Crippen LogP contribution in [0.5, 0.6) is 0 Å². The molecule has 0 bridgehead atoms. The lowest BCUT2D eigenvalue weighted by molar-refractivity contribution is -0.148. The Labute approximate surface area is 164 Å². The Kier molecular flexibility index (Phi) is 7.51. The highest BCUT2D eigenvalue weighted by Crippen LogP contribution is 2.08. The molecule has 6 heteroatoms. The predicted molar refractivity (Wildman–Crippen MR) is 109 cm³/mol. The standard InChI is InChI=1S/C22H24N2O4/c1-16-7-10-19(11-8-16)23-20(25)14-24(3)21(26)15-28-22(27)12-9-18-6-4-5-17(2)13-18/h4-13H,14-15H2,1-3H3,(H,23,25)/b12-9+. The maximum absolute atomic E-state index is 12.0. The molecule has 0 aliphatic rings. The first kappa shape index (κ1) is 20.9. The van der Waals surface area contributed by atoms with Crippen molar-refractivity contribution in [1.82, 2.24) is 4.90 Å². The quantitative estimate of drug-likeness (QED) is 0.592. The number of likely N-dealkylation sites (N-methyl/N-ethyl adjacent to an activating group) is 1. The van der Waals surface area contributed by atoms with E-state index in [1.165, 1.54) is 18.0 Å². The van der Waals surface area contributed by atoms with Gasteiger partial charge in [-0.25, -0.2) is 4.79 Å². The van der Waals surface area contributed by atoms with Crippen LogP contribution in [0.3, 0.4) is 0 Å². The summed E-state index contributed by atoms with van der Waals surface area (Å²) < 4.78 is 4.94. The second-order valence-corrected chi connectivity index (χ2v) is 6.52. The number of esters is 1. The molecule has 0 aromatic heterocycles. The number of nitrogens with one attached hydrogen (secondary N) is 1. The molecule has 28 heavy (non-hydrogen) atoms. The zero-order valence-corrected chi connectivity index (χ0v) is 16.3. The van der Waals surface area contributed by atoms with Gasteiger partial charge in [0.2, 0.25) is 5.91 Å². The molecule has 0 spiro atoms. The number of hydrogen-bond acceptors (Lipinski definition) is 4. The smallest absolute Gasteiger partial charge is 0.331 e. The zero-order valence-electron chi connectivity index (χ0n) is 16.3. The summed E-state index contributed by atoms with van der Waals surface area (Å²) in [6, 6.07) is 15.0. The SMILES string of the molecule is Cc1ccc(NC(=O)CN(C)C(=O)COC(=O)/C=C/c2cccc(C)c2)cc1. The molecule has 0 saturated heterocycles. The summed E-state index contributed by atoms with van der Waals surface area (Å²) in [4.78, 5) is 37.0. The predicted octanol–water partition coefficient (Wildman–Crippen LogP) is 2.96. The number of hydrogen-bond donors (Lipinski definition) is 1. The number of ether oxygens (including phenoxy) is 1. The van der Waals surface area contributed by atoms with E-state index < -0.39 is 18.5 Å². The molecule has 2 rings (SSSR count). The Morgan fingerprint density at radius 1 is 1.04 bits per heavy atom. The van der Waals surface area contributed by atoms with Gasteiger partial charge in [-0.15, -0.1) is 0 Å². The van der Waals surface area contributed by atoms with Gasteiger partial charge in [0.15, 0.2) is 6.61 Å². The monoisotopic (exact) mass is 380 g/mol. The Morgan fingerprint density at radius 3 is 2.43 bits per heavy atom. The average Bonchev–Trinajstić information content (AvgIpc) is 2.66. The Balaban J connectivity index is 1.76. The molecule has 0 fully saturated rings. The van der Waals surface area contributed by atoms with E-state index in [9.17, 15) is 14.4 Å². The van der Waals surface area contributed by atoms with Crippen molar-refractivity contribution in [3.8, 4) is 0 Å². The normalized spacial score (nSPS) is 10.5. The van der Waals surface area contributed by atoms with Gasteiger partial charge in [-0.2, -0.15) is 0 Å². The van der Waals surface area contributed by atoms with Gasteiger partial charge in [0.05, 0.1) is 6.54 Å². The largest absolute Gasteiger partial charge is 0.452 e. The van der Waals surface area contributed by atoms with Crippen molar-refractivity contribution in [1.29, 1.82) is 0 Å². The molecule has 146 valence electrons. The van der Waals surface area contributed by atoms with E-state index in [0.717, 1.165) is 16.7 Å². The van der Waals surface area contributed by atoms with Crippen molar-refractivity contribution in [2.45, 2.75) is 13.8 Å². The third kappa shape index (κ3) is 7.07. The van der Waals surface area contributed by atoms with E-state index in [-0.39, 0.29) is 12.5 Å². The van der Waals surface area contributed by atoms with Crippen LogP contribution in [-0.2, 0) is 19.1 Å². The van der Waals surface area contributed by atoms with Gasteiger partial charge in [0.1, 0.15) is 0 Å². The Bertz CT molecular complexity index is 872. The lowest BCUT2D eigenvalue weighted by Crippen LogP contribution is -2.37. The number of aryl methyl sites for hydroxylation is 2. The summed E-state index contributed by atoms with van der Waals surface area (Å²) in [5, 5.41) is 2.71. The van der Waals surface area contributed by atoms with E-state index in [4.69, 9.17) is 4.74 Å². The Hall–Kier alpha value is -3.41. The van der Waals surface area contributed by atoms with Crippen LogP contribution >= 0.6 is 0 Å². The molecule has 0 unspecified atom stereocenters. The van der Waals surface area contributed by atoms with E-state index in [2.05, 4.69) is 5.32 Å². The first-order valence-electron chi connectivity index (χ1n) is 8.85. The molecule has 0 heterocycles. The van der Waals surface area contributed by atoms with Crippen LogP contribution < -0.4 is 5.32 Å². The van der Waals surface area contributed by atoms with Crippen LogP contribution in [0.1, 0.15) is 16.7 Å². The summed E-state index contributed by atoms with van der Waals surface area (Å²) in [5.74, 6) is -1.41. The number of amides is 2. The molecule has 0 atom stereocenters. The van der Waals surface area contributed by atoms with Crippen molar-refractivity contribution in [3.05, 3.63) is 71.3 Å². The van der Waals surface area contributed by atoms with Crippen LogP contribution in [0.15, 0.2) is 54.6 Å². The van der Waals surface area contributed by atoms with Gasteiger partial charge in [-0.3, -0.25) is 9.59 Å². The highest BCUT2D eigenvalue weighted by molar-refractivity contribution is 5.95. The van der Waals surface area contributed by atoms with Crippen molar-refractivity contribution >= 4 is 29.5 Å². The van der Waals surface area contributed by atoms with Gasteiger partial charge >= 0.3 is 5.97 Å². The molecule has 6 nitrogen and oxygen atoms in total. The van der Waals surface area contributed by atoms with Crippen molar-refractivity contribution < 1.29 is 19.1 Å². The summed E-state index contributed by atoms with van der Waals surface area (Å²) >= 11 is 0. The van der Waals surface area contributed by atoms with E-state index in [0.29, 0.717) is 5.69 Å². The molecule has 2 amide bonds. The number of anilines is 1. The molecule has 2 aromatic carbocycles. The maximum atomic E-state index is 12.0. The molecule has 1 N–H and O–H groups in total. The summed E-state index contributed by atoms with van der Waals surface area (Å²) in [5.41, 5.74) is 3.69. The number of nitrogens with zero attached hydrogens (tertiary/aromatic N) is 1. The topological polar surface area (TPSA) is 75.7 Å². The van der Waals surface area contributed by atoms with Crippen LogP contribution in [-0.4, -0.2) is 42.9 Å². The van der Waals surface area contributed by atoms with Crippen LogP contribution in [0.25, 0.3) is 6.08 Å². The fraction of sp³-hybridized carbons (Fsp3) is 0.227. The molecule has 0 aliphatic carbocycles. The highest BCUT2D eigenvalue weighted by atomic mass is 16.5. The van der Waals surface area contributed by atoms with Gasteiger partial charge < -0.3 is 15.0 Å². The lowest BCUT2D eigenvalue weighted by Gasteiger charge is -2.16. The minimum atomic E-state index is -0.618. The lowest BCUT2D eigenvalue weighted by atomic mass is 10.1. The van der Waals surface area contributed by atoms with Crippen molar-refractivity contribution in [2.75, 3.05) is 25.5 Å². The van der Waals surface area contributed by atoms with Crippen LogP contribution in [0.2, 0.25) is 0 Å². The Morgan fingerprint density at radius 2 is 1.75 bits per heavy atom. The third-order valence-electron chi connectivity index (χ3n) is 3.93. The van der Waals surface area contributed by atoms with Gasteiger partial charge in [-0.1, -0.05) is 47.5 Å². The molecular weight excluding hydrogens is 356 g/mol. The van der Waals surface area contributed by atoms with E-state index in [1.54, 1.807) is 18.2 Å². The van der Waals surface area contributed by atoms with Gasteiger partial charge in [0.25, 0.3) is 5.91 Å². The number of carbonyl (C=O) groups is 3. The number of rotatable bonds is 7. The van der Waals surface area contributed by atoms with Crippen molar-refractivity contribution in [2.24, 2.45) is 0 Å². The first-order chi connectivity index (χ1) is 13.3. The van der Waals surface area contributed by atoms with E-state index in [1.807, 2.05) is 50.2 Å². The number of carbonyl (C=O) groups excluding carboxylic acids is 3. The van der Waals surface area contributed by atoms with Gasteiger partial charge in [-0.05, 0) is 37.6 Å². The maximum Gasteiger partial charge on any atom is 0.331 e. The third-order valence-corrected chi connectivity index (χ3v) is 3.93. The van der Waals surface area contributed by atoms with E-state index >= 15 is 0 Å². The minimum Gasteiger partial charge on any atom is -0.452 e. The molecular formula is C22H24N2O4. The number of benzene rings is 2.